The van der Waals surface area contributed by atoms with E-state index in [1.54, 1.807) is 25.1 Å². The summed E-state index contributed by atoms with van der Waals surface area (Å²) in [6.45, 7) is 5.23. The van der Waals surface area contributed by atoms with Crippen LogP contribution < -0.4 is 10.5 Å². The Balaban J connectivity index is 1.75. The molecule has 0 saturated heterocycles. The first kappa shape index (κ1) is 27.6. The van der Waals surface area contributed by atoms with E-state index in [4.69, 9.17) is 10.5 Å². The van der Waals surface area contributed by atoms with Gasteiger partial charge in [-0.2, -0.15) is 18.6 Å². The van der Waals surface area contributed by atoms with Crippen LogP contribution in [0.1, 0.15) is 16.7 Å². The summed E-state index contributed by atoms with van der Waals surface area (Å²) in [5, 5.41) is 37.9. The number of hydrogen-bond acceptors (Lipinski definition) is 10. The first-order chi connectivity index (χ1) is 18.5. The van der Waals surface area contributed by atoms with Gasteiger partial charge in [-0.15, -0.1) is 10.2 Å². The molecule has 11 nitrogen and oxygen atoms in total. The molecule has 5 N–H and O–H groups in total. The Morgan fingerprint density at radius 1 is 0.897 bits per heavy atom. The smallest absolute Gasteiger partial charge is 0.294 e. The van der Waals surface area contributed by atoms with Crippen molar-refractivity contribution in [3.63, 3.8) is 0 Å². The fourth-order valence-electron chi connectivity index (χ4n) is 3.95. The van der Waals surface area contributed by atoms with Crippen molar-refractivity contribution in [3.8, 4) is 11.5 Å². The van der Waals surface area contributed by atoms with Crippen LogP contribution in [0, 0.1) is 20.8 Å². The van der Waals surface area contributed by atoms with Gasteiger partial charge in [0.15, 0.2) is 5.75 Å². The third-order valence-electron chi connectivity index (χ3n) is 5.84. The van der Waals surface area contributed by atoms with Crippen LogP contribution in [-0.4, -0.2) is 36.4 Å². The topological polar surface area (TPSA) is 180 Å². The lowest BCUT2D eigenvalue weighted by Crippen LogP contribution is -2.01. The summed E-state index contributed by atoms with van der Waals surface area (Å²) < 4.78 is 38.2. The van der Waals surface area contributed by atoms with Crippen molar-refractivity contribution in [3.05, 3.63) is 71.3 Å². The molecule has 0 saturated carbocycles. The number of hydrogen-bond donors (Lipinski definition) is 4. The van der Waals surface area contributed by atoms with E-state index in [2.05, 4.69) is 20.5 Å². The third-order valence-corrected chi connectivity index (χ3v) is 6.67. The predicted molar refractivity (Wildman–Crippen MR) is 148 cm³/mol. The molecular formula is C27H27N5O6S. The number of anilines is 1. The fourth-order valence-corrected chi connectivity index (χ4v) is 4.51. The molecule has 0 bridgehead atoms. The number of nitrogens with two attached hydrogens (primary N) is 1. The zero-order valence-electron chi connectivity index (χ0n) is 21.5. The second-order valence-electron chi connectivity index (χ2n) is 8.89. The number of aryl methyl sites for hydroxylation is 3. The minimum absolute atomic E-state index is 0.00687. The van der Waals surface area contributed by atoms with Gasteiger partial charge in [-0.1, -0.05) is 12.1 Å². The molecule has 0 radical (unpaired) electrons. The molecule has 0 atom stereocenters. The second kappa shape index (κ2) is 11.2. The number of aliphatic hydroxyl groups is 1. The van der Waals surface area contributed by atoms with Crippen LogP contribution in [0.3, 0.4) is 0 Å². The summed E-state index contributed by atoms with van der Waals surface area (Å²) >= 11 is 0. The Hall–Kier alpha value is -4.39. The van der Waals surface area contributed by atoms with Gasteiger partial charge in [0.25, 0.3) is 10.1 Å². The van der Waals surface area contributed by atoms with Crippen molar-refractivity contribution in [1.29, 1.82) is 0 Å². The number of nitrogens with zero attached hydrogens (tertiary/aromatic N) is 4. The highest BCUT2D eigenvalue weighted by atomic mass is 32.2. The molecule has 12 heteroatoms. The van der Waals surface area contributed by atoms with Gasteiger partial charge in [0, 0.05) is 17.1 Å². The Bertz CT molecular complexity index is 1740. The molecule has 0 aromatic heterocycles. The van der Waals surface area contributed by atoms with E-state index in [0.717, 1.165) is 17.2 Å². The van der Waals surface area contributed by atoms with Gasteiger partial charge in [0.05, 0.1) is 22.9 Å². The molecule has 4 rings (SSSR count). The van der Waals surface area contributed by atoms with Gasteiger partial charge in [-0.05, 0) is 79.2 Å². The highest BCUT2D eigenvalue weighted by Crippen LogP contribution is 2.43. The van der Waals surface area contributed by atoms with Crippen LogP contribution in [0.5, 0.6) is 11.5 Å². The van der Waals surface area contributed by atoms with Gasteiger partial charge in [-0.25, -0.2) is 0 Å². The number of ether oxygens (including phenoxy) is 1. The minimum atomic E-state index is -4.49. The van der Waals surface area contributed by atoms with E-state index in [1.165, 1.54) is 6.07 Å². The number of fused-ring (bicyclic) bond motifs is 1. The highest BCUT2D eigenvalue weighted by Gasteiger charge is 2.18. The zero-order valence-corrected chi connectivity index (χ0v) is 22.3. The van der Waals surface area contributed by atoms with E-state index >= 15 is 0 Å². The number of aliphatic hydroxyl groups excluding tert-OH is 1. The van der Waals surface area contributed by atoms with Crippen LogP contribution in [0.4, 0.5) is 28.4 Å². The maximum absolute atomic E-state index is 11.6. The number of azo groups is 2. The maximum Gasteiger partial charge on any atom is 0.294 e. The summed E-state index contributed by atoms with van der Waals surface area (Å²) in [7, 11) is -4.49. The lowest BCUT2D eigenvalue weighted by molar-refractivity contribution is 0.202. The molecule has 4 aromatic rings. The summed E-state index contributed by atoms with van der Waals surface area (Å²) in [5.41, 5.74) is 9.89. The molecule has 0 aliphatic rings. The van der Waals surface area contributed by atoms with Crippen molar-refractivity contribution in [2.45, 2.75) is 25.7 Å². The summed E-state index contributed by atoms with van der Waals surface area (Å²) in [6.07, 6.45) is 0. The van der Waals surface area contributed by atoms with E-state index < -0.39 is 10.1 Å². The molecule has 0 aliphatic heterocycles. The molecule has 0 spiro atoms. The largest absolute Gasteiger partial charge is 0.505 e. The number of benzene rings is 4. The van der Waals surface area contributed by atoms with Crippen molar-refractivity contribution in [2.75, 3.05) is 18.9 Å². The van der Waals surface area contributed by atoms with Gasteiger partial charge in [0.1, 0.15) is 23.7 Å². The molecule has 0 heterocycles. The van der Waals surface area contributed by atoms with Crippen LogP contribution in [0.15, 0.2) is 79.9 Å². The summed E-state index contributed by atoms with van der Waals surface area (Å²) in [5.74, 6) is -0.00177. The third kappa shape index (κ3) is 6.20. The number of aromatic hydroxyl groups is 1. The Morgan fingerprint density at radius 2 is 1.64 bits per heavy atom. The molecule has 4 aromatic carbocycles. The molecule has 202 valence electrons. The van der Waals surface area contributed by atoms with Crippen LogP contribution >= 0.6 is 0 Å². The van der Waals surface area contributed by atoms with E-state index in [-0.39, 0.29) is 40.6 Å². The normalized spacial score (nSPS) is 12.1. The number of phenols is 1. The van der Waals surface area contributed by atoms with Crippen LogP contribution in [0.25, 0.3) is 10.8 Å². The van der Waals surface area contributed by atoms with Gasteiger partial charge >= 0.3 is 0 Å². The Labute approximate surface area is 225 Å². The predicted octanol–water partition coefficient (Wildman–Crippen LogP) is 6.50. The molecule has 39 heavy (non-hydrogen) atoms. The number of phenolic OH excluding ortho intramolecular Hbond substituents is 1. The van der Waals surface area contributed by atoms with Crippen molar-refractivity contribution >= 4 is 49.3 Å². The first-order valence-corrected chi connectivity index (χ1v) is 13.2. The molecule has 0 amide bonds. The Morgan fingerprint density at radius 3 is 2.33 bits per heavy atom. The first-order valence-electron chi connectivity index (χ1n) is 11.8. The quantitative estimate of drug-likeness (QED) is 0.110. The lowest BCUT2D eigenvalue weighted by Gasteiger charge is -2.12. The highest BCUT2D eigenvalue weighted by molar-refractivity contribution is 7.85. The average molecular weight is 550 g/mol. The average Bonchev–Trinajstić information content (AvgIpc) is 2.86. The number of rotatable bonds is 8. The fraction of sp³-hybridized carbons (Fsp3) is 0.185. The van der Waals surface area contributed by atoms with Crippen LogP contribution in [0.2, 0.25) is 0 Å². The zero-order chi connectivity index (χ0) is 28.3. The minimum Gasteiger partial charge on any atom is -0.505 e. The van der Waals surface area contributed by atoms with E-state index in [0.29, 0.717) is 33.8 Å². The molecular weight excluding hydrogens is 522 g/mol. The lowest BCUT2D eigenvalue weighted by atomic mass is 10.0. The van der Waals surface area contributed by atoms with Crippen molar-refractivity contribution in [1.82, 2.24) is 0 Å². The second-order valence-corrected chi connectivity index (χ2v) is 10.3. The van der Waals surface area contributed by atoms with Gasteiger partial charge < -0.3 is 20.7 Å². The van der Waals surface area contributed by atoms with E-state index in [9.17, 15) is 23.2 Å². The molecule has 0 unspecified atom stereocenters. The van der Waals surface area contributed by atoms with Crippen molar-refractivity contribution < 1.29 is 27.9 Å². The van der Waals surface area contributed by atoms with Gasteiger partial charge in [-0.3, -0.25) is 4.55 Å². The SMILES string of the molecule is Cc1cccc(N=Nc2cc(OCCO)c(N=Nc3c(C)cc4cc(S(=O)(=O)O)cc(N)c4c3O)cc2C)c1. The monoisotopic (exact) mass is 549 g/mol. The standard InChI is InChI=1S/C27H27N5O6S/c1-15-5-4-6-19(9-15)29-30-22-14-24(38-8-7-33)23(11-16(22)2)31-32-26-17(3)10-18-12-20(39(35,36)37)13-21(28)25(18)27(26)34/h4-6,9-14,33-34H,7-8,28H2,1-3H3,(H,35,36,37). The maximum atomic E-state index is 11.6. The molecule has 0 fully saturated rings. The Kier molecular flexibility index (Phi) is 7.90. The summed E-state index contributed by atoms with van der Waals surface area (Å²) in [6, 6.07) is 14.8. The van der Waals surface area contributed by atoms with Crippen molar-refractivity contribution in [2.24, 2.45) is 20.5 Å². The van der Waals surface area contributed by atoms with E-state index in [1.807, 2.05) is 38.1 Å². The van der Waals surface area contributed by atoms with Crippen LogP contribution in [-0.2, 0) is 10.1 Å². The van der Waals surface area contributed by atoms with Gasteiger partial charge in [0.2, 0.25) is 0 Å². The molecule has 0 aliphatic carbocycles. The number of nitrogen functional groups attached to an aromatic ring is 1. The summed E-state index contributed by atoms with van der Waals surface area (Å²) in [4.78, 5) is -0.388.